The quantitative estimate of drug-likeness (QED) is 0.458. The summed E-state index contributed by atoms with van der Waals surface area (Å²) in [6.45, 7) is 5.32. The van der Waals surface area contributed by atoms with Crippen LogP contribution in [0, 0.1) is 11.8 Å². The number of nitrogens with one attached hydrogen (secondary N) is 1. The summed E-state index contributed by atoms with van der Waals surface area (Å²) < 4.78 is 6.34. The monoisotopic (exact) mass is 282 g/mol. The highest BCUT2D eigenvalue weighted by Gasteiger charge is 2.43. The number of hydrogen-bond donors (Lipinski definition) is 2. The molecular weight excluding hydrogens is 248 g/mol. The first kappa shape index (κ1) is 16.3. The van der Waals surface area contributed by atoms with Gasteiger partial charge in [0.2, 0.25) is 0 Å². The molecule has 1 unspecified atom stereocenters. The molecule has 3 nitrogen and oxygen atoms in total. The highest BCUT2D eigenvalue weighted by Crippen LogP contribution is 2.40. The van der Waals surface area contributed by atoms with E-state index in [9.17, 15) is 0 Å². The van der Waals surface area contributed by atoms with Crippen molar-refractivity contribution in [3.63, 3.8) is 0 Å². The van der Waals surface area contributed by atoms with Crippen molar-refractivity contribution >= 4 is 0 Å². The van der Waals surface area contributed by atoms with E-state index >= 15 is 0 Å². The van der Waals surface area contributed by atoms with Crippen molar-refractivity contribution in [2.24, 2.45) is 17.7 Å². The Morgan fingerprint density at radius 1 is 1.10 bits per heavy atom. The largest absolute Gasteiger partial charge is 0.374 e. The Bertz CT molecular complexity index is 266. The number of hydrazine groups is 1. The maximum Gasteiger partial charge on any atom is 0.0850 e. The SMILES string of the molecule is CCOC1(C(NN)C2CCC(C)CC2)CCCCCC1. The van der Waals surface area contributed by atoms with Crippen molar-refractivity contribution in [2.45, 2.75) is 89.7 Å². The van der Waals surface area contributed by atoms with Crippen molar-refractivity contribution in [3.8, 4) is 0 Å². The molecule has 2 aliphatic carbocycles. The van der Waals surface area contributed by atoms with E-state index in [-0.39, 0.29) is 5.60 Å². The maximum absolute atomic E-state index is 6.34. The van der Waals surface area contributed by atoms with Gasteiger partial charge in [-0.05, 0) is 44.4 Å². The minimum absolute atomic E-state index is 0.00869. The second-order valence-corrected chi connectivity index (χ2v) is 7.08. The number of hydrogen-bond acceptors (Lipinski definition) is 3. The lowest BCUT2D eigenvalue weighted by Gasteiger charge is -2.45. The molecule has 0 amide bonds. The molecule has 20 heavy (non-hydrogen) atoms. The van der Waals surface area contributed by atoms with Gasteiger partial charge in [-0.15, -0.1) is 0 Å². The van der Waals surface area contributed by atoms with Gasteiger partial charge in [-0.3, -0.25) is 11.3 Å². The van der Waals surface area contributed by atoms with Crippen molar-refractivity contribution in [1.82, 2.24) is 5.43 Å². The third-order valence-corrected chi connectivity index (χ3v) is 5.66. The van der Waals surface area contributed by atoms with Crippen molar-refractivity contribution in [3.05, 3.63) is 0 Å². The molecule has 2 fully saturated rings. The molecule has 3 heteroatoms. The van der Waals surface area contributed by atoms with E-state index in [1.165, 1.54) is 64.2 Å². The summed E-state index contributed by atoms with van der Waals surface area (Å²) in [6, 6.07) is 0.341. The number of nitrogens with two attached hydrogens (primary N) is 1. The van der Waals surface area contributed by atoms with Crippen LogP contribution in [0.25, 0.3) is 0 Å². The Hall–Kier alpha value is -0.120. The predicted molar refractivity (Wildman–Crippen MR) is 84.3 cm³/mol. The van der Waals surface area contributed by atoms with Crippen LogP contribution in [-0.4, -0.2) is 18.2 Å². The van der Waals surface area contributed by atoms with Gasteiger partial charge in [-0.25, -0.2) is 0 Å². The number of ether oxygens (including phenoxy) is 1. The Kier molecular flexibility index (Phi) is 6.31. The summed E-state index contributed by atoms with van der Waals surface area (Å²) in [5, 5.41) is 0. The van der Waals surface area contributed by atoms with Gasteiger partial charge in [0.25, 0.3) is 0 Å². The van der Waals surface area contributed by atoms with E-state index in [1.54, 1.807) is 0 Å². The zero-order valence-corrected chi connectivity index (χ0v) is 13.5. The molecule has 0 saturated heterocycles. The lowest BCUT2D eigenvalue weighted by molar-refractivity contribution is -0.0944. The van der Waals surface area contributed by atoms with E-state index in [2.05, 4.69) is 19.3 Å². The van der Waals surface area contributed by atoms with E-state index in [4.69, 9.17) is 10.6 Å². The summed E-state index contributed by atoms with van der Waals surface area (Å²) in [5.41, 5.74) is 3.18. The molecule has 2 saturated carbocycles. The second kappa shape index (κ2) is 7.77. The van der Waals surface area contributed by atoms with Gasteiger partial charge < -0.3 is 4.74 Å². The van der Waals surface area contributed by atoms with E-state index in [0.717, 1.165) is 12.5 Å². The van der Waals surface area contributed by atoms with Gasteiger partial charge >= 0.3 is 0 Å². The van der Waals surface area contributed by atoms with Gasteiger partial charge in [0.15, 0.2) is 0 Å². The molecule has 2 rings (SSSR count). The predicted octanol–water partition coefficient (Wildman–Crippen LogP) is 3.77. The van der Waals surface area contributed by atoms with Crippen LogP contribution in [0.4, 0.5) is 0 Å². The third-order valence-electron chi connectivity index (χ3n) is 5.66. The molecule has 2 aliphatic rings. The van der Waals surface area contributed by atoms with Crippen LogP contribution in [0.2, 0.25) is 0 Å². The van der Waals surface area contributed by atoms with Crippen LogP contribution >= 0.6 is 0 Å². The van der Waals surface area contributed by atoms with Gasteiger partial charge in [0.1, 0.15) is 0 Å². The molecule has 3 N–H and O–H groups in total. The van der Waals surface area contributed by atoms with Crippen LogP contribution in [-0.2, 0) is 4.74 Å². The lowest BCUT2D eigenvalue weighted by Crippen LogP contribution is -2.58. The van der Waals surface area contributed by atoms with Crippen LogP contribution in [0.1, 0.15) is 78.1 Å². The molecule has 0 radical (unpaired) electrons. The van der Waals surface area contributed by atoms with Crippen LogP contribution in [0.15, 0.2) is 0 Å². The van der Waals surface area contributed by atoms with E-state index in [1.807, 2.05) is 0 Å². The Morgan fingerprint density at radius 2 is 1.70 bits per heavy atom. The van der Waals surface area contributed by atoms with Crippen molar-refractivity contribution in [1.29, 1.82) is 0 Å². The van der Waals surface area contributed by atoms with Gasteiger partial charge in [-0.1, -0.05) is 45.4 Å². The summed E-state index contributed by atoms with van der Waals surface area (Å²) in [6.07, 6.45) is 13.0. The molecule has 0 heterocycles. The smallest absolute Gasteiger partial charge is 0.0850 e. The van der Waals surface area contributed by atoms with Gasteiger partial charge in [-0.2, -0.15) is 0 Å². The fourth-order valence-electron chi connectivity index (χ4n) is 4.50. The zero-order valence-electron chi connectivity index (χ0n) is 13.5. The van der Waals surface area contributed by atoms with E-state index < -0.39 is 0 Å². The van der Waals surface area contributed by atoms with Crippen molar-refractivity contribution in [2.75, 3.05) is 6.61 Å². The highest BCUT2D eigenvalue weighted by molar-refractivity contribution is 4.98. The molecule has 0 aromatic heterocycles. The minimum Gasteiger partial charge on any atom is -0.374 e. The zero-order chi connectivity index (χ0) is 14.4. The van der Waals surface area contributed by atoms with Gasteiger partial charge in [0.05, 0.1) is 11.6 Å². The average Bonchev–Trinajstić information content (AvgIpc) is 2.69. The Morgan fingerprint density at radius 3 is 2.20 bits per heavy atom. The molecular formula is C17H34N2O. The standard InChI is InChI=1S/C17H34N2O/c1-3-20-17(12-6-4-5-7-13-17)16(19-18)15-10-8-14(2)9-11-15/h14-16,19H,3-13,18H2,1-2H3. The van der Waals surface area contributed by atoms with Gasteiger partial charge in [0, 0.05) is 6.61 Å². The Labute approximate surface area is 125 Å². The lowest BCUT2D eigenvalue weighted by atomic mass is 9.72. The van der Waals surface area contributed by atoms with Crippen LogP contribution < -0.4 is 11.3 Å². The summed E-state index contributed by atoms with van der Waals surface area (Å²) in [7, 11) is 0. The number of rotatable bonds is 5. The molecule has 0 aromatic carbocycles. The first-order valence-corrected chi connectivity index (χ1v) is 8.82. The molecule has 0 aromatic rings. The molecule has 1 atom stereocenters. The highest BCUT2D eigenvalue weighted by atomic mass is 16.5. The average molecular weight is 282 g/mol. The third kappa shape index (κ3) is 3.75. The fraction of sp³-hybridized carbons (Fsp3) is 1.00. The minimum atomic E-state index is -0.00869. The Balaban J connectivity index is 2.11. The van der Waals surface area contributed by atoms with Crippen LogP contribution in [0.5, 0.6) is 0 Å². The summed E-state index contributed by atoms with van der Waals surface area (Å²) in [5.74, 6) is 7.59. The summed E-state index contributed by atoms with van der Waals surface area (Å²) >= 11 is 0. The van der Waals surface area contributed by atoms with Crippen LogP contribution in [0.3, 0.4) is 0 Å². The maximum atomic E-state index is 6.34. The summed E-state index contributed by atoms with van der Waals surface area (Å²) in [4.78, 5) is 0. The van der Waals surface area contributed by atoms with Crippen molar-refractivity contribution < 1.29 is 4.74 Å². The molecule has 0 spiro atoms. The molecule has 0 bridgehead atoms. The fourth-order valence-corrected chi connectivity index (χ4v) is 4.50. The normalized spacial score (nSPS) is 32.5. The second-order valence-electron chi connectivity index (χ2n) is 7.08. The molecule has 118 valence electrons. The van der Waals surface area contributed by atoms with E-state index in [0.29, 0.717) is 12.0 Å². The molecule has 0 aliphatic heterocycles. The first-order valence-electron chi connectivity index (χ1n) is 8.82. The topological polar surface area (TPSA) is 47.3 Å². The first-order chi connectivity index (χ1) is 9.72.